The Hall–Kier alpha value is -1.76. The topological polar surface area (TPSA) is 75.7 Å². The predicted molar refractivity (Wildman–Crippen MR) is 97.6 cm³/mol. The molecule has 1 aliphatic heterocycles. The van der Waals surface area contributed by atoms with Gasteiger partial charge in [0.25, 0.3) is 0 Å². The number of likely N-dealkylation sites (N-methyl/N-ethyl adjacent to an activating group) is 1. The maximum absolute atomic E-state index is 12.3. The molecule has 2 aliphatic rings. The van der Waals surface area contributed by atoms with Gasteiger partial charge in [-0.25, -0.2) is 8.42 Å². The fourth-order valence-electron chi connectivity index (χ4n) is 3.46. The molecule has 1 amide bonds. The average Bonchev–Trinajstić information content (AvgIpc) is 3.21. The number of hydrogen-bond donors (Lipinski definition) is 1. The summed E-state index contributed by atoms with van der Waals surface area (Å²) in [6.07, 6.45) is 5.47. The first kappa shape index (κ1) is 18.0. The summed E-state index contributed by atoms with van der Waals surface area (Å²) in [5.74, 6) is 0.951. The minimum atomic E-state index is -2.99. The molecule has 0 aromatic heterocycles. The first-order valence-corrected chi connectivity index (χ1v) is 10.7. The number of nitrogens with zero attached hydrogens (tertiary/aromatic N) is 1. The van der Waals surface area contributed by atoms with E-state index in [1.165, 1.54) is 12.8 Å². The Labute approximate surface area is 149 Å². The van der Waals surface area contributed by atoms with Crippen LogP contribution in [0.2, 0.25) is 0 Å². The Morgan fingerprint density at radius 3 is 2.72 bits per heavy atom. The molecule has 0 bridgehead atoms. The molecule has 138 valence electrons. The van der Waals surface area contributed by atoms with Crippen LogP contribution in [0.1, 0.15) is 32.1 Å². The molecule has 2 fully saturated rings. The largest absolute Gasteiger partial charge is 0.490 e. The number of anilines is 1. The van der Waals surface area contributed by atoms with Gasteiger partial charge in [0.15, 0.2) is 9.84 Å². The molecule has 1 saturated heterocycles. The van der Waals surface area contributed by atoms with Crippen LogP contribution in [-0.2, 0) is 14.6 Å². The maximum atomic E-state index is 12.3. The SMILES string of the molecule is CN(C(=O)CNc1cccc(OC2CCCC2)c1)C1CCS(=O)(=O)C1. The van der Waals surface area contributed by atoms with E-state index in [-0.39, 0.29) is 30.0 Å². The zero-order valence-corrected chi connectivity index (χ0v) is 15.4. The molecular formula is C18H26N2O4S. The van der Waals surface area contributed by atoms with Crippen LogP contribution in [-0.4, -0.2) is 56.5 Å². The van der Waals surface area contributed by atoms with Crippen LogP contribution in [0.4, 0.5) is 5.69 Å². The number of carbonyl (C=O) groups excluding carboxylic acids is 1. The van der Waals surface area contributed by atoms with E-state index in [2.05, 4.69) is 5.32 Å². The Morgan fingerprint density at radius 2 is 2.04 bits per heavy atom. The second-order valence-corrected chi connectivity index (χ2v) is 9.20. The summed E-state index contributed by atoms with van der Waals surface area (Å²) in [6.45, 7) is 0.139. The van der Waals surface area contributed by atoms with Gasteiger partial charge in [0.05, 0.1) is 24.2 Å². The molecule has 1 aromatic carbocycles. The highest BCUT2D eigenvalue weighted by Gasteiger charge is 2.32. The summed E-state index contributed by atoms with van der Waals surface area (Å²) in [4.78, 5) is 13.9. The van der Waals surface area contributed by atoms with Gasteiger partial charge in [-0.15, -0.1) is 0 Å². The average molecular weight is 366 g/mol. The first-order valence-electron chi connectivity index (χ1n) is 8.90. The molecule has 1 unspecified atom stereocenters. The number of hydrogen-bond acceptors (Lipinski definition) is 5. The van der Waals surface area contributed by atoms with Crippen molar-refractivity contribution in [2.45, 2.75) is 44.2 Å². The standard InChI is InChI=1S/C18H26N2O4S/c1-20(15-9-10-25(22,23)13-15)18(21)12-19-14-5-4-8-17(11-14)24-16-6-2-3-7-16/h4-5,8,11,15-16,19H,2-3,6-7,9-10,12-13H2,1H3. The molecule has 7 heteroatoms. The fraction of sp³-hybridized carbons (Fsp3) is 0.611. The number of carbonyl (C=O) groups is 1. The van der Waals surface area contributed by atoms with Gasteiger partial charge >= 0.3 is 0 Å². The van der Waals surface area contributed by atoms with Gasteiger partial charge in [0.2, 0.25) is 5.91 Å². The summed E-state index contributed by atoms with van der Waals surface area (Å²) in [6, 6.07) is 7.43. The lowest BCUT2D eigenvalue weighted by atomic mass is 10.2. The smallest absolute Gasteiger partial charge is 0.241 e. The Balaban J connectivity index is 1.51. The van der Waals surface area contributed by atoms with E-state index in [1.54, 1.807) is 11.9 Å². The number of amides is 1. The van der Waals surface area contributed by atoms with Crippen molar-refractivity contribution in [3.63, 3.8) is 0 Å². The van der Waals surface area contributed by atoms with Gasteiger partial charge in [-0.05, 0) is 44.2 Å². The van der Waals surface area contributed by atoms with Crippen LogP contribution in [0.5, 0.6) is 5.75 Å². The van der Waals surface area contributed by atoms with Gasteiger partial charge in [0, 0.05) is 24.8 Å². The highest BCUT2D eigenvalue weighted by atomic mass is 32.2. The van der Waals surface area contributed by atoms with Crippen molar-refractivity contribution in [3.8, 4) is 5.75 Å². The highest BCUT2D eigenvalue weighted by Crippen LogP contribution is 2.25. The molecule has 3 rings (SSSR count). The van der Waals surface area contributed by atoms with Crippen LogP contribution in [0.15, 0.2) is 24.3 Å². The molecule has 1 aromatic rings. The summed E-state index contributed by atoms with van der Waals surface area (Å²) >= 11 is 0. The van der Waals surface area contributed by atoms with Gasteiger partial charge < -0.3 is 15.0 Å². The van der Waals surface area contributed by atoms with E-state index in [0.717, 1.165) is 24.3 Å². The van der Waals surface area contributed by atoms with Crippen LogP contribution in [0, 0.1) is 0 Å². The Bertz CT molecular complexity index is 714. The summed E-state index contributed by atoms with van der Waals surface area (Å²) in [5.41, 5.74) is 0.830. The summed E-state index contributed by atoms with van der Waals surface area (Å²) < 4.78 is 29.1. The molecule has 6 nitrogen and oxygen atoms in total. The molecule has 1 atom stereocenters. The lowest BCUT2D eigenvalue weighted by molar-refractivity contribution is -0.129. The molecule has 1 N–H and O–H groups in total. The van der Waals surface area contributed by atoms with Crippen molar-refractivity contribution in [1.82, 2.24) is 4.90 Å². The van der Waals surface area contributed by atoms with Crippen molar-refractivity contribution in [2.75, 3.05) is 30.4 Å². The Kier molecular flexibility index (Phi) is 5.51. The van der Waals surface area contributed by atoms with E-state index >= 15 is 0 Å². The summed E-state index contributed by atoms with van der Waals surface area (Å²) in [5, 5.41) is 3.11. The second-order valence-electron chi connectivity index (χ2n) is 6.97. The molecule has 25 heavy (non-hydrogen) atoms. The molecular weight excluding hydrogens is 340 g/mol. The minimum Gasteiger partial charge on any atom is -0.490 e. The van der Waals surface area contributed by atoms with E-state index in [9.17, 15) is 13.2 Å². The maximum Gasteiger partial charge on any atom is 0.241 e. The monoisotopic (exact) mass is 366 g/mol. The van der Waals surface area contributed by atoms with Crippen molar-refractivity contribution < 1.29 is 17.9 Å². The number of ether oxygens (including phenoxy) is 1. The van der Waals surface area contributed by atoms with Crippen LogP contribution < -0.4 is 10.1 Å². The van der Waals surface area contributed by atoms with Crippen molar-refractivity contribution in [3.05, 3.63) is 24.3 Å². The number of nitrogens with one attached hydrogen (secondary N) is 1. The number of benzene rings is 1. The van der Waals surface area contributed by atoms with E-state index in [1.807, 2.05) is 24.3 Å². The second kappa shape index (κ2) is 7.64. The normalized spacial score (nSPS) is 22.7. The zero-order valence-electron chi connectivity index (χ0n) is 14.6. The van der Waals surface area contributed by atoms with Crippen molar-refractivity contribution in [2.24, 2.45) is 0 Å². The molecule has 1 saturated carbocycles. The quantitative estimate of drug-likeness (QED) is 0.834. The number of rotatable bonds is 6. The summed E-state index contributed by atoms with van der Waals surface area (Å²) in [7, 11) is -1.31. The van der Waals surface area contributed by atoms with Crippen molar-refractivity contribution >= 4 is 21.4 Å². The van der Waals surface area contributed by atoms with Gasteiger partial charge in [-0.3, -0.25) is 4.79 Å². The van der Waals surface area contributed by atoms with E-state index < -0.39 is 9.84 Å². The third-order valence-corrected chi connectivity index (χ3v) is 6.78. The fourth-order valence-corrected chi connectivity index (χ4v) is 5.24. The first-order chi connectivity index (χ1) is 11.9. The third kappa shape index (κ3) is 4.87. The van der Waals surface area contributed by atoms with Crippen LogP contribution in [0.3, 0.4) is 0 Å². The van der Waals surface area contributed by atoms with Gasteiger partial charge in [0.1, 0.15) is 5.75 Å². The predicted octanol–water partition coefficient (Wildman–Crippen LogP) is 2.07. The molecule has 0 spiro atoms. The molecule has 1 heterocycles. The third-order valence-electron chi connectivity index (χ3n) is 5.03. The molecule has 0 radical (unpaired) electrons. The number of sulfone groups is 1. The molecule has 1 aliphatic carbocycles. The van der Waals surface area contributed by atoms with Crippen LogP contribution >= 0.6 is 0 Å². The highest BCUT2D eigenvalue weighted by molar-refractivity contribution is 7.91. The minimum absolute atomic E-state index is 0.0694. The zero-order chi connectivity index (χ0) is 17.9. The lowest BCUT2D eigenvalue weighted by Crippen LogP contribution is -2.40. The van der Waals surface area contributed by atoms with Crippen LogP contribution in [0.25, 0.3) is 0 Å². The van der Waals surface area contributed by atoms with E-state index in [4.69, 9.17) is 4.74 Å². The van der Waals surface area contributed by atoms with E-state index in [0.29, 0.717) is 12.5 Å². The van der Waals surface area contributed by atoms with Crippen molar-refractivity contribution in [1.29, 1.82) is 0 Å². The lowest BCUT2D eigenvalue weighted by Gasteiger charge is -2.23. The van der Waals surface area contributed by atoms with Gasteiger partial charge in [-0.2, -0.15) is 0 Å². The Morgan fingerprint density at radius 1 is 1.28 bits per heavy atom. The van der Waals surface area contributed by atoms with Gasteiger partial charge in [-0.1, -0.05) is 6.07 Å².